The number of aliphatic imine (C=N–C) groups is 1. The van der Waals surface area contributed by atoms with Crippen LogP contribution >= 0.6 is 0 Å². The van der Waals surface area contributed by atoms with E-state index in [0.29, 0.717) is 30.1 Å². The Kier molecular flexibility index (Phi) is 4.42. The Bertz CT molecular complexity index is 842. The van der Waals surface area contributed by atoms with Crippen LogP contribution < -0.4 is 10.6 Å². The molecule has 1 aliphatic heterocycles. The predicted octanol–water partition coefficient (Wildman–Crippen LogP) is 3.94. The van der Waals surface area contributed by atoms with Gasteiger partial charge in [0.2, 0.25) is 0 Å². The van der Waals surface area contributed by atoms with Crippen molar-refractivity contribution in [1.29, 1.82) is 0 Å². The maximum atomic E-state index is 12.8. The lowest BCUT2D eigenvalue weighted by Gasteiger charge is -2.46. The number of nitrogens with one attached hydrogen (secondary N) is 2. The summed E-state index contributed by atoms with van der Waals surface area (Å²) in [5, 5.41) is 7.09. The van der Waals surface area contributed by atoms with E-state index in [2.05, 4.69) is 35.5 Å². The molecule has 0 saturated heterocycles. The van der Waals surface area contributed by atoms with Gasteiger partial charge >= 0.3 is 0 Å². The largest absolute Gasteiger partial charge is 0.428 e. The quantitative estimate of drug-likeness (QED) is 0.828. The highest BCUT2D eigenvalue weighted by Crippen LogP contribution is 2.46. The molecule has 2 saturated carbocycles. The number of allylic oxidation sites excluding steroid dienone is 1. The van der Waals surface area contributed by atoms with E-state index in [4.69, 9.17) is 9.41 Å². The maximum absolute atomic E-state index is 12.8. The summed E-state index contributed by atoms with van der Waals surface area (Å²) in [6, 6.07) is 0.520. The number of nitrogens with zero attached hydrogens (tertiary/aromatic N) is 2. The fourth-order valence-corrected chi connectivity index (χ4v) is 5.66. The summed E-state index contributed by atoms with van der Waals surface area (Å²) in [5.74, 6) is 2.43. The van der Waals surface area contributed by atoms with Crippen LogP contribution in [0.3, 0.4) is 0 Å². The van der Waals surface area contributed by atoms with Crippen molar-refractivity contribution < 1.29 is 9.21 Å². The van der Waals surface area contributed by atoms with Crippen LogP contribution in [-0.4, -0.2) is 28.3 Å². The minimum absolute atomic E-state index is 0.0441. The first-order valence-corrected chi connectivity index (χ1v) is 10.9. The number of Topliss-reactive ketones (excluding diaryl/α,β-unsaturated/α-hetero) is 1. The summed E-state index contributed by atoms with van der Waals surface area (Å²) in [4.78, 5) is 22.3. The predicted molar refractivity (Wildman–Crippen MR) is 109 cm³/mol. The molecule has 1 spiro atoms. The first-order valence-electron chi connectivity index (χ1n) is 10.9. The van der Waals surface area contributed by atoms with E-state index in [1.54, 1.807) is 0 Å². The SMILES string of the molecule is CCC1CCC2(C1)NC(Nc1nc3c(o1)CC(C)C=C3)N=C1CCCC(=O)C12. The molecule has 2 heterocycles. The third-order valence-electron chi connectivity index (χ3n) is 7.09. The van der Waals surface area contributed by atoms with E-state index in [9.17, 15) is 4.79 Å². The van der Waals surface area contributed by atoms with Crippen LogP contribution in [0.2, 0.25) is 0 Å². The van der Waals surface area contributed by atoms with Gasteiger partial charge in [0.1, 0.15) is 17.2 Å². The number of rotatable bonds is 3. The van der Waals surface area contributed by atoms with Gasteiger partial charge in [-0.25, -0.2) is 0 Å². The average molecular weight is 383 g/mol. The summed E-state index contributed by atoms with van der Waals surface area (Å²) in [6.07, 6.45) is 11.8. The molecule has 0 aromatic carbocycles. The highest BCUT2D eigenvalue weighted by atomic mass is 16.4. The van der Waals surface area contributed by atoms with E-state index >= 15 is 0 Å². The number of carbonyl (C=O) groups excluding carboxylic acids is 1. The summed E-state index contributed by atoms with van der Waals surface area (Å²) >= 11 is 0. The lowest BCUT2D eigenvalue weighted by Crippen LogP contribution is -2.63. The van der Waals surface area contributed by atoms with Crippen LogP contribution in [0.25, 0.3) is 6.08 Å². The minimum Gasteiger partial charge on any atom is -0.428 e. The topological polar surface area (TPSA) is 79.5 Å². The first kappa shape index (κ1) is 18.1. The normalized spacial score (nSPS) is 36.9. The van der Waals surface area contributed by atoms with Gasteiger partial charge in [-0.3, -0.25) is 15.1 Å². The third-order valence-corrected chi connectivity index (χ3v) is 7.09. The summed E-state index contributed by atoms with van der Waals surface area (Å²) in [7, 11) is 0. The molecule has 6 nitrogen and oxygen atoms in total. The number of aromatic nitrogens is 1. The van der Waals surface area contributed by atoms with Gasteiger partial charge in [0.05, 0.1) is 5.92 Å². The molecule has 2 N–H and O–H groups in total. The number of oxazole rings is 1. The van der Waals surface area contributed by atoms with Crippen molar-refractivity contribution in [3.05, 3.63) is 17.5 Å². The van der Waals surface area contributed by atoms with Crippen molar-refractivity contribution in [2.45, 2.75) is 77.0 Å². The van der Waals surface area contributed by atoms with Crippen molar-refractivity contribution in [2.75, 3.05) is 5.32 Å². The molecule has 5 rings (SSSR count). The molecule has 5 unspecified atom stereocenters. The van der Waals surface area contributed by atoms with Crippen LogP contribution in [0.5, 0.6) is 0 Å². The monoisotopic (exact) mass is 382 g/mol. The minimum atomic E-state index is -0.283. The number of fused-ring (bicyclic) bond motifs is 3. The first-order chi connectivity index (χ1) is 13.6. The van der Waals surface area contributed by atoms with Crippen LogP contribution in [0.4, 0.5) is 6.01 Å². The number of hydrogen-bond donors (Lipinski definition) is 2. The van der Waals surface area contributed by atoms with Crippen molar-refractivity contribution in [3.63, 3.8) is 0 Å². The Morgan fingerprint density at radius 2 is 2.29 bits per heavy atom. The van der Waals surface area contributed by atoms with Gasteiger partial charge in [-0.15, -0.1) is 0 Å². The molecular weight excluding hydrogens is 352 g/mol. The molecule has 0 amide bonds. The number of ketones is 1. The second kappa shape index (κ2) is 6.83. The van der Waals surface area contributed by atoms with Gasteiger partial charge in [0, 0.05) is 24.1 Å². The molecule has 0 radical (unpaired) electrons. The summed E-state index contributed by atoms with van der Waals surface area (Å²) < 4.78 is 5.98. The van der Waals surface area contributed by atoms with E-state index < -0.39 is 0 Å². The molecule has 4 aliphatic rings. The Labute approximate surface area is 166 Å². The van der Waals surface area contributed by atoms with Gasteiger partial charge in [0.15, 0.2) is 6.29 Å². The lowest BCUT2D eigenvalue weighted by atomic mass is 9.70. The molecule has 1 aromatic heterocycles. The molecule has 3 aliphatic carbocycles. The van der Waals surface area contributed by atoms with Crippen molar-refractivity contribution >= 4 is 23.6 Å². The van der Waals surface area contributed by atoms with E-state index in [1.165, 1.54) is 12.8 Å². The summed E-state index contributed by atoms with van der Waals surface area (Å²) in [6.45, 7) is 4.43. The fourth-order valence-electron chi connectivity index (χ4n) is 5.66. The second-order valence-electron chi connectivity index (χ2n) is 9.11. The lowest BCUT2D eigenvalue weighted by molar-refractivity contribution is -0.124. The molecular formula is C22H30N4O2. The smallest absolute Gasteiger partial charge is 0.298 e. The molecule has 6 heteroatoms. The molecule has 2 fully saturated rings. The third kappa shape index (κ3) is 3.02. The Hall–Kier alpha value is -1.95. The van der Waals surface area contributed by atoms with Gasteiger partial charge in [-0.05, 0) is 50.0 Å². The van der Waals surface area contributed by atoms with Crippen LogP contribution in [-0.2, 0) is 11.2 Å². The molecule has 150 valence electrons. The average Bonchev–Trinajstić information content (AvgIpc) is 3.25. The number of carbonyl (C=O) groups is 1. The van der Waals surface area contributed by atoms with Gasteiger partial charge in [0.25, 0.3) is 6.01 Å². The zero-order chi connectivity index (χ0) is 19.3. The van der Waals surface area contributed by atoms with Crippen LogP contribution in [0.15, 0.2) is 15.5 Å². The standard InChI is InChI=1S/C22H30N4O2/c1-3-14-9-10-22(12-14)19-16(5-4-6-17(19)27)23-20(26-22)25-21-24-15-8-7-13(2)11-18(15)28-21/h7-8,13-14,19-20,26H,3-6,9-12H2,1-2H3,(H,24,25). The molecule has 5 atom stereocenters. The summed E-state index contributed by atoms with van der Waals surface area (Å²) in [5.41, 5.74) is 1.83. The van der Waals surface area contributed by atoms with Crippen molar-refractivity contribution in [1.82, 2.24) is 10.3 Å². The van der Waals surface area contributed by atoms with Gasteiger partial charge in [-0.2, -0.15) is 4.98 Å². The van der Waals surface area contributed by atoms with Crippen LogP contribution in [0.1, 0.15) is 70.2 Å². The van der Waals surface area contributed by atoms with E-state index in [1.807, 2.05) is 6.08 Å². The maximum Gasteiger partial charge on any atom is 0.298 e. The van der Waals surface area contributed by atoms with Gasteiger partial charge < -0.3 is 9.73 Å². The highest BCUT2D eigenvalue weighted by molar-refractivity contribution is 6.09. The zero-order valence-electron chi connectivity index (χ0n) is 16.8. The highest BCUT2D eigenvalue weighted by Gasteiger charge is 2.53. The van der Waals surface area contributed by atoms with E-state index in [0.717, 1.165) is 49.3 Å². The van der Waals surface area contributed by atoms with Crippen LogP contribution in [0, 0.1) is 17.8 Å². The molecule has 28 heavy (non-hydrogen) atoms. The molecule has 0 bridgehead atoms. The zero-order valence-corrected chi connectivity index (χ0v) is 16.8. The Morgan fingerprint density at radius 3 is 3.11 bits per heavy atom. The number of anilines is 1. The van der Waals surface area contributed by atoms with E-state index in [-0.39, 0.29) is 17.7 Å². The van der Waals surface area contributed by atoms with Crippen molar-refractivity contribution in [3.8, 4) is 0 Å². The second-order valence-corrected chi connectivity index (χ2v) is 9.11. The Balaban J connectivity index is 1.42. The number of hydrogen-bond acceptors (Lipinski definition) is 6. The fraction of sp³-hybridized carbons (Fsp3) is 0.682. The van der Waals surface area contributed by atoms with Gasteiger partial charge in [-0.1, -0.05) is 26.3 Å². The Morgan fingerprint density at radius 1 is 1.39 bits per heavy atom. The molecule has 1 aromatic rings. The van der Waals surface area contributed by atoms with Crippen molar-refractivity contribution in [2.24, 2.45) is 22.7 Å².